The topological polar surface area (TPSA) is 93.1 Å². The maximum atomic E-state index is 12.8. The van der Waals surface area contributed by atoms with E-state index in [9.17, 15) is 13.2 Å². The zero-order valence-corrected chi connectivity index (χ0v) is 19.4. The SMILES string of the molecule is CC(C)n1c(CCNC(=O)C2(S(C)(=O)=O)CCNCC2)nc2ccccc21.Cl.Cl. The van der Waals surface area contributed by atoms with Crippen LogP contribution in [-0.2, 0) is 21.1 Å². The molecule has 0 bridgehead atoms. The minimum Gasteiger partial charge on any atom is -0.354 e. The Morgan fingerprint density at radius 2 is 1.86 bits per heavy atom. The molecule has 0 atom stereocenters. The molecule has 1 aliphatic heterocycles. The summed E-state index contributed by atoms with van der Waals surface area (Å²) < 4.78 is 25.5. The lowest BCUT2D eigenvalue weighted by Gasteiger charge is -2.34. The van der Waals surface area contributed by atoms with Gasteiger partial charge in [0.1, 0.15) is 5.82 Å². The summed E-state index contributed by atoms with van der Waals surface area (Å²) in [6, 6.07) is 8.21. The molecular weight excluding hydrogens is 435 g/mol. The second-order valence-electron chi connectivity index (χ2n) is 7.50. The van der Waals surface area contributed by atoms with E-state index in [0.29, 0.717) is 38.9 Å². The largest absolute Gasteiger partial charge is 0.354 e. The molecule has 164 valence electrons. The fraction of sp³-hybridized carbons (Fsp3) is 0.579. The van der Waals surface area contributed by atoms with Crippen LogP contribution in [0.15, 0.2) is 24.3 Å². The van der Waals surface area contributed by atoms with E-state index < -0.39 is 20.5 Å². The number of piperidine rings is 1. The summed E-state index contributed by atoms with van der Waals surface area (Å²) in [5.41, 5.74) is 2.00. The van der Waals surface area contributed by atoms with Gasteiger partial charge in [0.25, 0.3) is 0 Å². The Labute approximate surface area is 184 Å². The molecule has 0 radical (unpaired) electrons. The number of carbonyl (C=O) groups excluding carboxylic acids is 1. The predicted octanol–water partition coefficient (Wildman–Crippen LogP) is 2.29. The second-order valence-corrected chi connectivity index (χ2v) is 9.83. The van der Waals surface area contributed by atoms with E-state index >= 15 is 0 Å². The van der Waals surface area contributed by atoms with Crippen LogP contribution >= 0.6 is 24.8 Å². The highest BCUT2D eigenvalue weighted by atomic mass is 35.5. The zero-order chi connectivity index (χ0) is 19.7. The monoisotopic (exact) mass is 464 g/mol. The number of halogens is 2. The summed E-state index contributed by atoms with van der Waals surface area (Å²) in [7, 11) is -3.50. The maximum Gasteiger partial charge on any atom is 0.241 e. The Morgan fingerprint density at radius 3 is 2.45 bits per heavy atom. The number of imidazole rings is 1. The number of carbonyl (C=O) groups is 1. The van der Waals surface area contributed by atoms with Gasteiger partial charge in [0.15, 0.2) is 14.6 Å². The number of amides is 1. The molecule has 2 heterocycles. The number of nitrogens with zero attached hydrogens (tertiary/aromatic N) is 2. The molecule has 0 saturated carbocycles. The number of hydrogen-bond donors (Lipinski definition) is 2. The van der Waals surface area contributed by atoms with E-state index in [1.165, 1.54) is 0 Å². The molecule has 1 aromatic carbocycles. The Morgan fingerprint density at radius 1 is 1.24 bits per heavy atom. The smallest absolute Gasteiger partial charge is 0.241 e. The van der Waals surface area contributed by atoms with Crippen LogP contribution < -0.4 is 10.6 Å². The van der Waals surface area contributed by atoms with Gasteiger partial charge in [-0.2, -0.15) is 0 Å². The lowest BCUT2D eigenvalue weighted by molar-refractivity contribution is -0.124. The number of rotatable bonds is 6. The average molecular weight is 465 g/mol. The molecule has 1 aliphatic rings. The molecule has 1 fully saturated rings. The number of aromatic nitrogens is 2. The van der Waals surface area contributed by atoms with Gasteiger partial charge in [-0.1, -0.05) is 12.1 Å². The van der Waals surface area contributed by atoms with Crippen molar-refractivity contribution in [3.8, 4) is 0 Å². The van der Waals surface area contributed by atoms with Gasteiger partial charge in [-0.25, -0.2) is 13.4 Å². The number of benzene rings is 1. The van der Waals surface area contributed by atoms with Crippen LogP contribution in [0.2, 0.25) is 0 Å². The van der Waals surface area contributed by atoms with E-state index in [0.717, 1.165) is 23.1 Å². The minimum absolute atomic E-state index is 0. The highest BCUT2D eigenvalue weighted by Crippen LogP contribution is 2.28. The van der Waals surface area contributed by atoms with E-state index in [2.05, 4.69) is 29.0 Å². The summed E-state index contributed by atoms with van der Waals surface area (Å²) >= 11 is 0. The van der Waals surface area contributed by atoms with Gasteiger partial charge >= 0.3 is 0 Å². The molecule has 29 heavy (non-hydrogen) atoms. The molecule has 10 heteroatoms. The van der Waals surface area contributed by atoms with Crippen molar-refractivity contribution in [2.45, 2.75) is 43.9 Å². The highest BCUT2D eigenvalue weighted by Gasteiger charge is 2.48. The van der Waals surface area contributed by atoms with Crippen LogP contribution in [-0.4, -0.2) is 54.5 Å². The van der Waals surface area contributed by atoms with Gasteiger partial charge in [-0.15, -0.1) is 24.8 Å². The number of sulfone groups is 1. The third kappa shape index (κ3) is 5.05. The van der Waals surface area contributed by atoms with Crippen LogP contribution in [0.1, 0.15) is 38.6 Å². The lowest BCUT2D eigenvalue weighted by atomic mass is 9.96. The first-order valence-corrected chi connectivity index (χ1v) is 11.3. The minimum atomic E-state index is -3.50. The highest BCUT2D eigenvalue weighted by molar-refractivity contribution is 7.92. The van der Waals surface area contributed by atoms with Crippen molar-refractivity contribution < 1.29 is 13.2 Å². The van der Waals surface area contributed by atoms with Crippen LogP contribution in [0.3, 0.4) is 0 Å². The average Bonchev–Trinajstić information content (AvgIpc) is 2.99. The van der Waals surface area contributed by atoms with Crippen molar-refractivity contribution in [3.05, 3.63) is 30.1 Å². The summed E-state index contributed by atoms with van der Waals surface area (Å²) in [4.78, 5) is 17.5. The van der Waals surface area contributed by atoms with Crippen molar-refractivity contribution in [1.29, 1.82) is 0 Å². The molecule has 1 amide bonds. The predicted molar refractivity (Wildman–Crippen MR) is 121 cm³/mol. The molecular formula is C19H30Cl2N4O3S. The molecule has 2 N–H and O–H groups in total. The molecule has 1 saturated heterocycles. The molecule has 0 aliphatic carbocycles. The second kappa shape index (κ2) is 10.1. The van der Waals surface area contributed by atoms with Gasteiger partial charge < -0.3 is 15.2 Å². The van der Waals surface area contributed by atoms with Gasteiger partial charge in [0.2, 0.25) is 5.91 Å². The first-order valence-electron chi connectivity index (χ1n) is 9.41. The molecule has 7 nitrogen and oxygen atoms in total. The number of nitrogens with one attached hydrogen (secondary N) is 2. The molecule has 0 unspecified atom stereocenters. The van der Waals surface area contributed by atoms with Gasteiger partial charge in [-0.05, 0) is 51.9 Å². The van der Waals surface area contributed by atoms with Crippen molar-refractivity contribution in [2.24, 2.45) is 0 Å². The van der Waals surface area contributed by atoms with Crippen LogP contribution in [0.4, 0.5) is 0 Å². The summed E-state index contributed by atoms with van der Waals surface area (Å²) in [6.07, 6.45) is 2.33. The van der Waals surface area contributed by atoms with E-state index in [4.69, 9.17) is 4.98 Å². The molecule has 1 aromatic heterocycles. The Bertz CT molecular complexity index is 938. The van der Waals surface area contributed by atoms with Crippen LogP contribution in [0.25, 0.3) is 11.0 Å². The van der Waals surface area contributed by atoms with E-state index in [-0.39, 0.29) is 30.9 Å². The fourth-order valence-corrected chi connectivity index (χ4v) is 5.25. The van der Waals surface area contributed by atoms with Crippen molar-refractivity contribution >= 4 is 51.6 Å². The number of hydrogen-bond acceptors (Lipinski definition) is 5. The summed E-state index contributed by atoms with van der Waals surface area (Å²) in [5.74, 6) is 0.504. The van der Waals surface area contributed by atoms with Crippen molar-refractivity contribution in [2.75, 3.05) is 25.9 Å². The normalized spacial score (nSPS) is 16.1. The first kappa shape index (κ1) is 25.7. The van der Waals surface area contributed by atoms with E-state index in [1.54, 1.807) is 0 Å². The molecule has 0 spiro atoms. The standard InChI is InChI=1S/C19H28N4O3S.2ClH/c1-14(2)23-16-7-5-4-6-15(16)22-17(23)8-11-21-18(24)19(27(3,25)26)9-12-20-13-10-19;;/h4-7,14,20H,8-13H2,1-3H3,(H,21,24);2*1H. The molecule has 2 aromatic rings. The third-order valence-electron chi connectivity index (χ3n) is 5.35. The quantitative estimate of drug-likeness (QED) is 0.683. The van der Waals surface area contributed by atoms with Gasteiger partial charge in [0, 0.05) is 25.3 Å². The summed E-state index contributed by atoms with van der Waals surface area (Å²) in [6.45, 7) is 5.63. The maximum absolute atomic E-state index is 12.8. The van der Waals surface area contributed by atoms with Gasteiger partial charge in [-0.3, -0.25) is 4.79 Å². The van der Waals surface area contributed by atoms with Crippen molar-refractivity contribution in [3.63, 3.8) is 0 Å². The number of para-hydroxylation sites is 2. The Balaban J connectivity index is 0.00000210. The summed E-state index contributed by atoms with van der Waals surface area (Å²) in [5, 5.41) is 5.98. The first-order chi connectivity index (χ1) is 12.8. The van der Waals surface area contributed by atoms with Crippen LogP contribution in [0, 0.1) is 0 Å². The Hall–Kier alpha value is -1.35. The third-order valence-corrected chi connectivity index (χ3v) is 7.37. The van der Waals surface area contributed by atoms with Crippen LogP contribution in [0.5, 0.6) is 0 Å². The van der Waals surface area contributed by atoms with Crippen molar-refractivity contribution in [1.82, 2.24) is 20.2 Å². The van der Waals surface area contributed by atoms with E-state index in [1.807, 2.05) is 24.3 Å². The molecule has 3 rings (SSSR count). The zero-order valence-electron chi connectivity index (χ0n) is 17.0. The lowest BCUT2D eigenvalue weighted by Crippen LogP contribution is -2.57. The number of fused-ring (bicyclic) bond motifs is 1. The Kier molecular flexibility index (Phi) is 8.95. The fourth-order valence-electron chi connectivity index (χ4n) is 3.89. The van der Waals surface area contributed by atoms with Gasteiger partial charge in [0.05, 0.1) is 11.0 Å².